The Hall–Kier alpha value is -3.85. The maximum absolute atomic E-state index is 14.0. The van der Waals surface area contributed by atoms with Gasteiger partial charge in [-0.2, -0.15) is 0 Å². The lowest BCUT2D eigenvalue weighted by Gasteiger charge is -2.33. The molecular weight excluding hydrogens is 562 g/mol. The topological polar surface area (TPSA) is 96.0 Å². The van der Waals surface area contributed by atoms with Crippen LogP contribution in [0, 0.1) is 6.92 Å². The molecule has 1 aliphatic rings. The van der Waals surface area contributed by atoms with Gasteiger partial charge in [-0.15, -0.1) is 0 Å². The number of anilines is 1. The third-order valence-electron chi connectivity index (χ3n) is 7.90. The van der Waals surface area contributed by atoms with Gasteiger partial charge in [-0.3, -0.25) is 13.9 Å². The molecule has 1 fully saturated rings. The first kappa shape index (κ1) is 32.1. The fourth-order valence-electron chi connectivity index (χ4n) is 5.68. The normalized spacial score (nSPS) is 14.2. The van der Waals surface area contributed by atoms with Gasteiger partial charge in [-0.05, 0) is 67.1 Å². The highest BCUT2D eigenvalue weighted by molar-refractivity contribution is 7.92. The number of sulfonamides is 1. The number of hydrogen-bond donors (Lipinski definition) is 1. The maximum Gasteiger partial charge on any atom is 0.243 e. The van der Waals surface area contributed by atoms with E-state index in [4.69, 9.17) is 4.74 Å². The van der Waals surface area contributed by atoms with E-state index in [-0.39, 0.29) is 37.4 Å². The predicted octanol–water partition coefficient (Wildman–Crippen LogP) is 5.25. The van der Waals surface area contributed by atoms with Crippen LogP contribution in [-0.4, -0.2) is 57.1 Å². The minimum atomic E-state index is -3.56. The van der Waals surface area contributed by atoms with Gasteiger partial charge in [0.25, 0.3) is 0 Å². The van der Waals surface area contributed by atoms with E-state index in [0.29, 0.717) is 24.3 Å². The van der Waals surface area contributed by atoms with Gasteiger partial charge in [0.05, 0.1) is 19.1 Å². The summed E-state index contributed by atoms with van der Waals surface area (Å²) in [4.78, 5) is 29.6. The Morgan fingerprint density at radius 1 is 0.953 bits per heavy atom. The Labute approximate surface area is 256 Å². The van der Waals surface area contributed by atoms with E-state index in [0.717, 1.165) is 42.4 Å². The average Bonchev–Trinajstić information content (AvgIpc) is 3.50. The number of carbonyl (C=O) groups is 2. The number of aryl methyl sites for hydroxylation is 1. The molecule has 1 N–H and O–H groups in total. The fraction of sp³-hybridized carbons (Fsp3) is 0.412. The summed E-state index contributed by atoms with van der Waals surface area (Å²) >= 11 is 0. The van der Waals surface area contributed by atoms with Gasteiger partial charge in [-0.25, -0.2) is 8.42 Å². The number of nitrogens with zero attached hydrogens (tertiary/aromatic N) is 2. The molecule has 1 aliphatic carbocycles. The minimum absolute atomic E-state index is 0.0871. The zero-order chi connectivity index (χ0) is 30.8. The Balaban J connectivity index is 1.60. The molecule has 0 unspecified atom stereocenters. The van der Waals surface area contributed by atoms with Crippen molar-refractivity contribution in [3.63, 3.8) is 0 Å². The molecule has 0 saturated heterocycles. The molecule has 2 amide bonds. The van der Waals surface area contributed by atoms with Crippen molar-refractivity contribution in [2.45, 2.75) is 70.5 Å². The van der Waals surface area contributed by atoms with E-state index in [2.05, 4.69) is 5.32 Å². The lowest BCUT2D eigenvalue weighted by atomic mass is 10.0. The average molecular weight is 606 g/mol. The Bertz CT molecular complexity index is 1470. The second kappa shape index (κ2) is 15.0. The number of carbonyl (C=O) groups excluding carboxylic acids is 2. The van der Waals surface area contributed by atoms with E-state index in [1.165, 1.54) is 10.6 Å². The summed E-state index contributed by atoms with van der Waals surface area (Å²) in [5, 5.41) is 3.22. The second-order valence-corrected chi connectivity index (χ2v) is 13.3. The second-order valence-electron chi connectivity index (χ2n) is 11.3. The quantitative estimate of drug-likeness (QED) is 0.271. The molecule has 3 aromatic carbocycles. The van der Waals surface area contributed by atoms with Gasteiger partial charge in [0.15, 0.2) is 0 Å². The van der Waals surface area contributed by atoms with E-state index in [9.17, 15) is 18.0 Å². The number of amides is 2. The summed E-state index contributed by atoms with van der Waals surface area (Å²) in [6, 6.07) is 23.9. The Morgan fingerprint density at radius 2 is 1.65 bits per heavy atom. The summed E-state index contributed by atoms with van der Waals surface area (Å²) < 4.78 is 32.1. The molecule has 9 heteroatoms. The van der Waals surface area contributed by atoms with Crippen LogP contribution in [0.3, 0.4) is 0 Å². The number of methoxy groups -OCH3 is 1. The van der Waals surface area contributed by atoms with Crippen molar-refractivity contribution in [1.82, 2.24) is 10.2 Å². The third-order valence-corrected chi connectivity index (χ3v) is 9.10. The largest absolute Gasteiger partial charge is 0.497 e. The molecule has 0 spiro atoms. The SMILES string of the molecule is COc1cccc(CN(C(=O)CCCN(c2cccc(C)c2)S(C)(=O)=O)[C@@H](Cc2ccccc2)C(=O)NC2CCCC2)c1. The molecule has 0 bridgehead atoms. The van der Waals surface area contributed by atoms with Crippen LogP contribution in [0.15, 0.2) is 78.9 Å². The van der Waals surface area contributed by atoms with Gasteiger partial charge in [0, 0.05) is 32.0 Å². The summed E-state index contributed by atoms with van der Waals surface area (Å²) in [6.07, 6.45) is 5.98. The molecule has 4 rings (SSSR count). The Kier molecular flexibility index (Phi) is 11.2. The molecule has 43 heavy (non-hydrogen) atoms. The molecule has 0 aromatic heterocycles. The van der Waals surface area contributed by atoms with E-state index in [1.807, 2.05) is 79.7 Å². The van der Waals surface area contributed by atoms with Crippen LogP contribution in [0.25, 0.3) is 0 Å². The van der Waals surface area contributed by atoms with Gasteiger partial charge < -0.3 is 15.0 Å². The highest BCUT2D eigenvalue weighted by atomic mass is 32.2. The smallest absolute Gasteiger partial charge is 0.243 e. The highest BCUT2D eigenvalue weighted by Gasteiger charge is 2.32. The predicted molar refractivity (Wildman–Crippen MR) is 170 cm³/mol. The number of ether oxygens (including phenoxy) is 1. The first-order valence-corrected chi connectivity index (χ1v) is 16.8. The molecule has 8 nitrogen and oxygen atoms in total. The van der Waals surface area contributed by atoms with Crippen molar-refractivity contribution >= 4 is 27.5 Å². The summed E-state index contributed by atoms with van der Waals surface area (Å²) in [5.41, 5.74) is 3.32. The minimum Gasteiger partial charge on any atom is -0.497 e. The van der Waals surface area contributed by atoms with Crippen molar-refractivity contribution < 1.29 is 22.7 Å². The molecule has 1 atom stereocenters. The zero-order valence-electron chi connectivity index (χ0n) is 25.4. The van der Waals surface area contributed by atoms with Crippen LogP contribution in [0.1, 0.15) is 55.2 Å². The monoisotopic (exact) mass is 605 g/mol. The van der Waals surface area contributed by atoms with E-state index < -0.39 is 16.1 Å². The number of hydrogen-bond acceptors (Lipinski definition) is 5. The van der Waals surface area contributed by atoms with Crippen molar-refractivity contribution in [2.24, 2.45) is 0 Å². The molecule has 3 aromatic rings. The van der Waals surface area contributed by atoms with Crippen LogP contribution in [0.2, 0.25) is 0 Å². The van der Waals surface area contributed by atoms with Crippen LogP contribution < -0.4 is 14.4 Å². The van der Waals surface area contributed by atoms with Crippen molar-refractivity contribution in [2.75, 3.05) is 24.2 Å². The molecule has 0 aliphatic heterocycles. The zero-order valence-corrected chi connectivity index (χ0v) is 26.2. The molecule has 0 radical (unpaired) electrons. The maximum atomic E-state index is 14.0. The molecule has 230 valence electrons. The number of benzene rings is 3. The first-order valence-electron chi connectivity index (χ1n) is 14.9. The van der Waals surface area contributed by atoms with Gasteiger partial charge in [0.2, 0.25) is 21.8 Å². The Morgan fingerprint density at radius 3 is 2.33 bits per heavy atom. The van der Waals surface area contributed by atoms with E-state index in [1.54, 1.807) is 18.1 Å². The van der Waals surface area contributed by atoms with Crippen molar-refractivity contribution in [1.29, 1.82) is 0 Å². The number of rotatable bonds is 14. The van der Waals surface area contributed by atoms with Gasteiger partial charge in [-0.1, -0.05) is 67.4 Å². The summed E-state index contributed by atoms with van der Waals surface area (Å²) in [6.45, 7) is 2.28. The summed E-state index contributed by atoms with van der Waals surface area (Å²) in [5.74, 6) is 0.300. The molecule has 0 heterocycles. The highest BCUT2D eigenvalue weighted by Crippen LogP contribution is 2.23. The lowest BCUT2D eigenvalue weighted by molar-refractivity contribution is -0.141. The van der Waals surface area contributed by atoms with Crippen LogP contribution >= 0.6 is 0 Å². The first-order chi connectivity index (χ1) is 20.6. The lowest BCUT2D eigenvalue weighted by Crippen LogP contribution is -2.52. The van der Waals surface area contributed by atoms with Crippen LogP contribution in [-0.2, 0) is 32.6 Å². The van der Waals surface area contributed by atoms with E-state index >= 15 is 0 Å². The van der Waals surface area contributed by atoms with Gasteiger partial charge >= 0.3 is 0 Å². The fourth-order valence-corrected chi connectivity index (χ4v) is 6.63. The number of nitrogens with one attached hydrogen (secondary N) is 1. The molecular formula is C34H43N3O5S. The van der Waals surface area contributed by atoms with Crippen LogP contribution in [0.5, 0.6) is 5.75 Å². The van der Waals surface area contributed by atoms with Gasteiger partial charge in [0.1, 0.15) is 11.8 Å². The van der Waals surface area contributed by atoms with Crippen LogP contribution in [0.4, 0.5) is 5.69 Å². The third kappa shape index (κ3) is 9.32. The van der Waals surface area contributed by atoms with Crippen molar-refractivity contribution in [3.05, 3.63) is 95.6 Å². The summed E-state index contributed by atoms with van der Waals surface area (Å²) in [7, 11) is -1.97. The standard InChI is InChI=1S/C34H43N3O5S/c1-26-12-9-18-30(22-26)37(43(3,40)41)21-11-20-33(38)36(25-28-15-10-19-31(23-28)42-2)32(24-27-13-5-4-6-14-27)34(39)35-29-16-7-8-17-29/h4-6,9-10,12-15,18-19,22-23,29,32H,7-8,11,16-17,20-21,24-25H2,1-3H3,(H,35,39)/t32-/m0/s1. The molecule has 1 saturated carbocycles. The van der Waals surface area contributed by atoms with Crippen molar-refractivity contribution in [3.8, 4) is 5.75 Å².